The Labute approximate surface area is 157 Å². The van der Waals surface area contributed by atoms with Crippen LogP contribution in [0, 0.1) is 5.41 Å². The molecule has 0 saturated carbocycles. The zero-order chi connectivity index (χ0) is 19.2. The maximum absolute atomic E-state index is 12.6. The van der Waals surface area contributed by atoms with Gasteiger partial charge in [-0.25, -0.2) is 0 Å². The number of nitrogens with one attached hydrogen (secondary N) is 1. The van der Waals surface area contributed by atoms with Gasteiger partial charge in [-0.15, -0.1) is 0 Å². The molecule has 0 heterocycles. The molecule has 0 aliphatic rings. The topological polar surface area (TPSA) is 38.3 Å². The molecule has 3 nitrogen and oxygen atoms in total. The number of amides is 1. The molecule has 0 aliphatic heterocycles. The van der Waals surface area contributed by atoms with E-state index in [2.05, 4.69) is 38.2 Å². The molecule has 0 spiro atoms. The van der Waals surface area contributed by atoms with E-state index in [0.717, 1.165) is 6.42 Å². The number of rotatable bonds is 7. The second-order valence-electron chi connectivity index (χ2n) is 8.12. The van der Waals surface area contributed by atoms with Crippen molar-refractivity contribution < 1.29 is 9.53 Å². The first-order chi connectivity index (χ1) is 12.2. The van der Waals surface area contributed by atoms with E-state index in [-0.39, 0.29) is 17.4 Å². The fourth-order valence-electron chi connectivity index (χ4n) is 3.14. The largest absolute Gasteiger partial charge is 0.370 e. The van der Waals surface area contributed by atoms with Crippen LogP contribution in [0.4, 0.5) is 0 Å². The normalized spacial score (nSPS) is 14.1. The molecule has 26 heavy (non-hydrogen) atoms. The Hall–Kier alpha value is -2.13. The van der Waals surface area contributed by atoms with Crippen molar-refractivity contribution in [2.45, 2.75) is 52.7 Å². The number of carbonyl (C=O) groups excluding carboxylic acids is 1. The van der Waals surface area contributed by atoms with Crippen LogP contribution in [-0.2, 0) is 11.2 Å². The number of hydrogen-bond donors (Lipinski definition) is 1. The van der Waals surface area contributed by atoms with E-state index in [1.165, 1.54) is 5.56 Å². The summed E-state index contributed by atoms with van der Waals surface area (Å²) in [5, 5.41) is 3.11. The summed E-state index contributed by atoms with van der Waals surface area (Å²) < 4.78 is 6.48. The molecule has 0 bridgehead atoms. The van der Waals surface area contributed by atoms with E-state index >= 15 is 0 Å². The van der Waals surface area contributed by atoms with Crippen LogP contribution in [0.15, 0.2) is 60.7 Å². The zero-order valence-corrected chi connectivity index (χ0v) is 16.6. The van der Waals surface area contributed by atoms with Gasteiger partial charge in [-0.05, 0) is 37.0 Å². The van der Waals surface area contributed by atoms with Gasteiger partial charge in [0.1, 0.15) is 0 Å². The van der Waals surface area contributed by atoms with E-state index in [1.807, 2.05) is 62.4 Å². The molecule has 3 heteroatoms. The van der Waals surface area contributed by atoms with Crippen molar-refractivity contribution >= 4 is 5.91 Å². The third-order valence-electron chi connectivity index (χ3n) is 4.73. The van der Waals surface area contributed by atoms with E-state index in [0.29, 0.717) is 12.1 Å². The van der Waals surface area contributed by atoms with Crippen LogP contribution in [0.25, 0.3) is 0 Å². The molecule has 1 amide bonds. The average molecular weight is 354 g/mol. The highest BCUT2D eigenvalue weighted by atomic mass is 16.5. The van der Waals surface area contributed by atoms with Crippen LogP contribution in [0.1, 0.15) is 50.5 Å². The van der Waals surface area contributed by atoms with Gasteiger partial charge in [-0.2, -0.15) is 0 Å². The van der Waals surface area contributed by atoms with Gasteiger partial charge in [-0.3, -0.25) is 4.79 Å². The first-order valence-corrected chi connectivity index (χ1v) is 9.28. The quantitative estimate of drug-likeness (QED) is 0.771. The summed E-state index contributed by atoms with van der Waals surface area (Å²) in [5.74, 6) is -0.0698. The number of ether oxygens (including phenoxy) is 1. The maximum atomic E-state index is 12.6. The van der Waals surface area contributed by atoms with Crippen molar-refractivity contribution in [3.8, 4) is 0 Å². The summed E-state index contributed by atoms with van der Waals surface area (Å²) in [5.41, 5.74) is 1.21. The first-order valence-electron chi connectivity index (χ1n) is 9.28. The van der Waals surface area contributed by atoms with Crippen molar-refractivity contribution in [3.63, 3.8) is 0 Å². The molecule has 0 fully saturated rings. The van der Waals surface area contributed by atoms with Gasteiger partial charge in [0.25, 0.3) is 5.91 Å². The lowest BCUT2D eigenvalue weighted by Gasteiger charge is -2.46. The Morgan fingerprint density at radius 3 is 2.00 bits per heavy atom. The minimum atomic E-state index is -0.507. The van der Waals surface area contributed by atoms with Crippen LogP contribution in [0.3, 0.4) is 0 Å². The molecule has 2 rings (SSSR count). The van der Waals surface area contributed by atoms with Gasteiger partial charge in [0.05, 0.1) is 11.7 Å². The number of carbonyl (C=O) groups is 1. The molecule has 140 valence electrons. The second-order valence-corrected chi connectivity index (χ2v) is 8.12. The fraction of sp³-hybridized carbons (Fsp3) is 0.435. The zero-order valence-electron chi connectivity index (χ0n) is 16.6. The highest BCUT2D eigenvalue weighted by molar-refractivity contribution is 5.94. The fourth-order valence-corrected chi connectivity index (χ4v) is 3.14. The highest BCUT2D eigenvalue weighted by Crippen LogP contribution is 2.37. The van der Waals surface area contributed by atoms with Gasteiger partial charge < -0.3 is 10.1 Å². The molecule has 2 aromatic rings. The minimum Gasteiger partial charge on any atom is -0.370 e. The second kappa shape index (κ2) is 8.50. The Morgan fingerprint density at radius 2 is 1.50 bits per heavy atom. The summed E-state index contributed by atoms with van der Waals surface area (Å²) in [7, 11) is 0. The van der Waals surface area contributed by atoms with Crippen molar-refractivity contribution in [1.29, 1.82) is 0 Å². The smallest absolute Gasteiger partial charge is 0.251 e. The molecule has 1 unspecified atom stereocenters. The van der Waals surface area contributed by atoms with Gasteiger partial charge in [0.2, 0.25) is 0 Å². The van der Waals surface area contributed by atoms with Gasteiger partial charge in [0.15, 0.2) is 0 Å². The van der Waals surface area contributed by atoms with Gasteiger partial charge in [0, 0.05) is 18.5 Å². The Bertz CT molecular complexity index is 689. The molecule has 0 aliphatic carbocycles. The Balaban J connectivity index is 2.27. The lowest BCUT2D eigenvalue weighted by atomic mass is 9.72. The predicted molar refractivity (Wildman–Crippen MR) is 107 cm³/mol. The summed E-state index contributed by atoms with van der Waals surface area (Å²) in [4.78, 5) is 12.6. The van der Waals surface area contributed by atoms with Crippen molar-refractivity contribution in [3.05, 3.63) is 71.8 Å². The van der Waals surface area contributed by atoms with E-state index in [9.17, 15) is 4.79 Å². The van der Waals surface area contributed by atoms with Crippen LogP contribution in [0.2, 0.25) is 0 Å². The molecular formula is C23H31NO2. The van der Waals surface area contributed by atoms with Crippen LogP contribution in [0.5, 0.6) is 0 Å². The summed E-state index contributed by atoms with van der Waals surface area (Å²) in [6.45, 7) is 11.1. The Kier molecular flexibility index (Phi) is 6.60. The van der Waals surface area contributed by atoms with Crippen LogP contribution < -0.4 is 5.32 Å². The SMILES string of the molecule is CC(C)OC(CNC(=O)c1ccccc1)(Cc1ccccc1)C(C)(C)C. The van der Waals surface area contributed by atoms with E-state index < -0.39 is 5.60 Å². The van der Waals surface area contributed by atoms with E-state index in [1.54, 1.807) is 0 Å². The summed E-state index contributed by atoms with van der Waals surface area (Å²) in [6, 6.07) is 19.6. The molecule has 0 radical (unpaired) electrons. The van der Waals surface area contributed by atoms with Crippen molar-refractivity contribution in [2.24, 2.45) is 5.41 Å². The summed E-state index contributed by atoms with van der Waals surface area (Å²) in [6.07, 6.45) is 0.802. The van der Waals surface area contributed by atoms with Crippen molar-refractivity contribution in [1.82, 2.24) is 5.32 Å². The third-order valence-corrected chi connectivity index (χ3v) is 4.73. The van der Waals surface area contributed by atoms with Crippen molar-refractivity contribution in [2.75, 3.05) is 6.54 Å². The number of hydrogen-bond acceptors (Lipinski definition) is 2. The van der Waals surface area contributed by atoms with Crippen LogP contribution in [-0.4, -0.2) is 24.2 Å². The third kappa shape index (κ3) is 5.18. The van der Waals surface area contributed by atoms with Gasteiger partial charge in [-0.1, -0.05) is 69.3 Å². The minimum absolute atomic E-state index is 0.0616. The molecule has 0 saturated heterocycles. The Morgan fingerprint density at radius 1 is 0.962 bits per heavy atom. The predicted octanol–water partition coefficient (Wildman–Crippen LogP) is 4.87. The number of benzene rings is 2. The van der Waals surface area contributed by atoms with Gasteiger partial charge >= 0.3 is 0 Å². The lowest BCUT2D eigenvalue weighted by molar-refractivity contribution is -0.139. The summed E-state index contributed by atoms with van der Waals surface area (Å²) >= 11 is 0. The van der Waals surface area contributed by atoms with Crippen LogP contribution >= 0.6 is 0 Å². The molecule has 0 aromatic heterocycles. The highest BCUT2D eigenvalue weighted by Gasteiger charge is 2.44. The lowest BCUT2D eigenvalue weighted by Crippen LogP contribution is -2.56. The molecule has 1 atom stereocenters. The molecule has 1 N–H and O–H groups in total. The standard InChI is InChI=1S/C23H31NO2/c1-18(2)26-23(22(3,4)5,16-19-12-8-6-9-13-19)17-24-21(25)20-14-10-7-11-15-20/h6-15,18H,16-17H2,1-5H3,(H,24,25). The molecule has 2 aromatic carbocycles. The monoisotopic (exact) mass is 353 g/mol. The molecular weight excluding hydrogens is 322 g/mol. The first kappa shape index (κ1) is 20.2. The maximum Gasteiger partial charge on any atom is 0.251 e. The average Bonchev–Trinajstić information content (AvgIpc) is 2.59. The van der Waals surface area contributed by atoms with E-state index in [4.69, 9.17) is 4.74 Å².